The molecular weight excluding hydrogens is 290 g/mol. The lowest BCUT2D eigenvalue weighted by Crippen LogP contribution is -2.06. The summed E-state index contributed by atoms with van der Waals surface area (Å²) >= 11 is 5.81. The second-order valence-electron chi connectivity index (χ2n) is 3.84. The van der Waals surface area contributed by atoms with Gasteiger partial charge in [-0.2, -0.15) is 8.78 Å². The van der Waals surface area contributed by atoms with Crippen molar-refractivity contribution >= 4 is 17.4 Å². The SMILES string of the molecule is Cc1nc(Cl)cc(NCc2ccc(OC(F)F)cn2)n1. The van der Waals surface area contributed by atoms with Gasteiger partial charge in [-0.05, 0) is 19.1 Å². The number of alkyl halides is 2. The van der Waals surface area contributed by atoms with Gasteiger partial charge < -0.3 is 10.1 Å². The number of pyridine rings is 1. The van der Waals surface area contributed by atoms with Crippen LogP contribution in [0, 0.1) is 6.92 Å². The summed E-state index contributed by atoms with van der Waals surface area (Å²) in [5.74, 6) is 1.13. The molecule has 1 N–H and O–H groups in total. The van der Waals surface area contributed by atoms with Crippen LogP contribution in [0.1, 0.15) is 11.5 Å². The minimum atomic E-state index is -2.85. The van der Waals surface area contributed by atoms with Gasteiger partial charge in [-0.3, -0.25) is 4.98 Å². The fraction of sp³-hybridized carbons (Fsp3) is 0.250. The van der Waals surface area contributed by atoms with Crippen molar-refractivity contribution in [2.24, 2.45) is 0 Å². The molecule has 0 atom stereocenters. The van der Waals surface area contributed by atoms with E-state index in [1.807, 2.05) is 0 Å². The topological polar surface area (TPSA) is 59.9 Å². The Morgan fingerprint density at radius 2 is 2.15 bits per heavy atom. The van der Waals surface area contributed by atoms with E-state index in [1.165, 1.54) is 12.3 Å². The Bertz CT molecular complexity index is 560. The van der Waals surface area contributed by atoms with Crippen LogP contribution in [-0.4, -0.2) is 21.6 Å². The van der Waals surface area contributed by atoms with E-state index in [9.17, 15) is 8.78 Å². The number of aromatic nitrogens is 3. The van der Waals surface area contributed by atoms with Crippen molar-refractivity contribution in [3.63, 3.8) is 0 Å². The molecule has 5 nitrogen and oxygen atoms in total. The van der Waals surface area contributed by atoms with Crippen molar-refractivity contribution in [1.29, 1.82) is 0 Å². The molecule has 2 aromatic rings. The summed E-state index contributed by atoms with van der Waals surface area (Å²) in [5.41, 5.74) is 0.652. The van der Waals surface area contributed by atoms with Gasteiger partial charge in [0.15, 0.2) is 0 Å². The summed E-state index contributed by atoms with van der Waals surface area (Å²) < 4.78 is 28.2. The third-order valence-corrected chi connectivity index (χ3v) is 2.47. The van der Waals surface area contributed by atoms with Crippen molar-refractivity contribution in [2.45, 2.75) is 20.1 Å². The van der Waals surface area contributed by atoms with Gasteiger partial charge in [0.05, 0.1) is 18.4 Å². The molecule has 0 aliphatic heterocycles. The first-order chi connectivity index (χ1) is 9.52. The second-order valence-corrected chi connectivity index (χ2v) is 4.23. The summed E-state index contributed by atoms with van der Waals surface area (Å²) in [6.07, 6.45) is 1.24. The highest BCUT2D eigenvalue weighted by Crippen LogP contribution is 2.14. The van der Waals surface area contributed by atoms with Crippen LogP contribution in [0.4, 0.5) is 14.6 Å². The standard InChI is InChI=1S/C12H11ClF2N4O/c1-7-18-10(13)4-11(19-7)17-5-8-2-3-9(6-16-8)20-12(14)15/h2-4,6,12H,5H2,1H3,(H,17,18,19). The lowest BCUT2D eigenvalue weighted by Gasteiger charge is -2.07. The molecule has 2 heterocycles. The molecule has 0 saturated heterocycles. The Hall–Kier alpha value is -2.02. The zero-order valence-electron chi connectivity index (χ0n) is 10.5. The predicted molar refractivity (Wildman–Crippen MR) is 70.0 cm³/mol. The number of rotatable bonds is 5. The maximum atomic E-state index is 12.0. The number of hydrogen-bond acceptors (Lipinski definition) is 5. The largest absolute Gasteiger partial charge is 0.433 e. The van der Waals surface area contributed by atoms with Crippen molar-refractivity contribution < 1.29 is 13.5 Å². The van der Waals surface area contributed by atoms with E-state index in [0.29, 0.717) is 29.0 Å². The van der Waals surface area contributed by atoms with Gasteiger partial charge in [0.25, 0.3) is 0 Å². The van der Waals surface area contributed by atoms with Crippen molar-refractivity contribution in [3.8, 4) is 5.75 Å². The Balaban J connectivity index is 1.96. The molecule has 0 radical (unpaired) electrons. The number of aryl methyl sites for hydroxylation is 1. The number of nitrogens with one attached hydrogen (secondary N) is 1. The smallest absolute Gasteiger partial charge is 0.387 e. The molecule has 0 fully saturated rings. The zero-order valence-corrected chi connectivity index (χ0v) is 11.2. The van der Waals surface area contributed by atoms with Crippen LogP contribution in [0.3, 0.4) is 0 Å². The molecule has 0 saturated carbocycles. The van der Waals surface area contributed by atoms with E-state index in [2.05, 4.69) is 25.0 Å². The molecule has 2 rings (SSSR count). The molecule has 2 aromatic heterocycles. The van der Waals surface area contributed by atoms with E-state index in [-0.39, 0.29) is 5.75 Å². The molecule has 20 heavy (non-hydrogen) atoms. The van der Waals surface area contributed by atoms with Crippen LogP contribution in [0.25, 0.3) is 0 Å². The number of anilines is 1. The van der Waals surface area contributed by atoms with Crippen LogP contribution in [0.2, 0.25) is 5.15 Å². The van der Waals surface area contributed by atoms with Gasteiger partial charge in [-0.1, -0.05) is 11.6 Å². The average Bonchev–Trinajstić information content (AvgIpc) is 2.36. The molecular formula is C12H11ClF2N4O. The highest BCUT2D eigenvalue weighted by atomic mass is 35.5. The lowest BCUT2D eigenvalue weighted by atomic mass is 10.3. The fourth-order valence-corrected chi connectivity index (χ4v) is 1.72. The van der Waals surface area contributed by atoms with Gasteiger partial charge in [0, 0.05) is 6.07 Å². The number of hydrogen-bond donors (Lipinski definition) is 1. The van der Waals surface area contributed by atoms with Crippen LogP contribution in [0.15, 0.2) is 24.4 Å². The van der Waals surface area contributed by atoms with Gasteiger partial charge in [-0.15, -0.1) is 0 Å². The van der Waals surface area contributed by atoms with E-state index in [4.69, 9.17) is 11.6 Å². The summed E-state index contributed by atoms with van der Waals surface area (Å²) in [6, 6.07) is 4.59. The summed E-state index contributed by atoms with van der Waals surface area (Å²) in [7, 11) is 0. The van der Waals surface area contributed by atoms with Crippen molar-refractivity contribution in [2.75, 3.05) is 5.32 Å². The van der Waals surface area contributed by atoms with E-state index >= 15 is 0 Å². The van der Waals surface area contributed by atoms with Crippen LogP contribution in [-0.2, 0) is 6.54 Å². The molecule has 0 aliphatic rings. The second kappa shape index (κ2) is 6.42. The van der Waals surface area contributed by atoms with E-state index < -0.39 is 6.61 Å². The highest BCUT2D eigenvalue weighted by Gasteiger charge is 2.05. The summed E-state index contributed by atoms with van der Waals surface area (Å²) in [5, 5.41) is 3.36. The third kappa shape index (κ3) is 4.27. The monoisotopic (exact) mass is 300 g/mol. The van der Waals surface area contributed by atoms with Crippen LogP contribution < -0.4 is 10.1 Å². The Morgan fingerprint density at radius 1 is 1.35 bits per heavy atom. The predicted octanol–water partition coefficient (Wildman–Crippen LogP) is 3.05. The first-order valence-electron chi connectivity index (χ1n) is 5.68. The van der Waals surface area contributed by atoms with Crippen LogP contribution >= 0.6 is 11.6 Å². The summed E-state index contributed by atoms with van der Waals surface area (Å²) in [6.45, 7) is -0.750. The molecule has 8 heteroatoms. The molecule has 0 amide bonds. The number of nitrogens with zero attached hydrogens (tertiary/aromatic N) is 3. The van der Waals surface area contributed by atoms with Crippen molar-refractivity contribution in [1.82, 2.24) is 15.0 Å². The Morgan fingerprint density at radius 3 is 2.75 bits per heavy atom. The molecule has 106 valence electrons. The maximum absolute atomic E-state index is 12.0. The van der Waals surface area contributed by atoms with Gasteiger partial charge >= 0.3 is 6.61 Å². The minimum Gasteiger partial charge on any atom is -0.433 e. The number of halogens is 3. The molecule has 0 bridgehead atoms. The van der Waals surface area contributed by atoms with Crippen LogP contribution in [0.5, 0.6) is 5.75 Å². The van der Waals surface area contributed by atoms with E-state index in [1.54, 1.807) is 19.1 Å². The minimum absolute atomic E-state index is 0.0182. The Kier molecular flexibility index (Phi) is 4.62. The fourth-order valence-electron chi connectivity index (χ4n) is 1.49. The number of ether oxygens (including phenoxy) is 1. The van der Waals surface area contributed by atoms with Crippen molar-refractivity contribution in [3.05, 3.63) is 41.1 Å². The normalized spacial score (nSPS) is 10.7. The maximum Gasteiger partial charge on any atom is 0.387 e. The van der Waals surface area contributed by atoms with Gasteiger partial charge in [0.1, 0.15) is 22.5 Å². The van der Waals surface area contributed by atoms with E-state index in [0.717, 1.165) is 0 Å². The van der Waals surface area contributed by atoms with Gasteiger partial charge in [0.2, 0.25) is 0 Å². The lowest BCUT2D eigenvalue weighted by molar-refractivity contribution is -0.0500. The molecule has 0 aliphatic carbocycles. The first-order valence-corrected chi connectivity index (χ1v) is 6.05. The molecule has 0 aromatic carbocycles. The summed E-state index contributed by atoms with van der Waals surface area (Å²) in [4.78, 5) is 12.1. The molecule has 0 unspecified atom stereocenters. The average molecular weight is 301 g/mol. The third-order valence-electron chi connectivity index (χ3n) is 2.28. The quantitative estimate of drug-likeness (QED) is 0.860. The van der Waals surface area contributed by atoms with Gasteiger partial charge in [-0.25, -0.2) is 9.97 Å². The first kappa shape index (κ1) is 14.4. The Labute approximate surface area is 119 Å². The highest BCUT2D eigenvalue weighted by molar-refractivity contribution is 6.29. The zero-order chi connectivity index (χ0) is 14.5. The molecule has 0 spiro atoms.